The molecule has 0 spiro atoms. The molecule has 2 aliphatic heterocycles. The first-order chi connectivity index (χ1) is 9.97. The zero-order valence-electron chi connectivity index (χ0n) is 12.3. The molecule has 2 saturated heterocycles. The number of carbonyl (C=O) groups is 3. The van der Waals surface area contributed by atoms with Crippen LogP contribution in [0.15, 0.2) is 0 Å². The second kappa shape index (κ2) is 6.89. The van der Waals surface area contributed by atoms with E-state index in [1.165, 1.54) is 6.92 Å². The van der Waals surface area contributed by atoms with Gasteiger partial charge in [0.05, 0.1) is 25.0 Å². The second-order valence-corrected chi connectivity index (χ2v) is 5.68. The van der Waals surface area contributed by atoms with E-state index in [-0.39, 0.29) is 24.2 Å². The van der Waals surface area contributed by atoms with E-state index in [9.17, 15) is 14.4 Å². The van der Waals surface area contributed by atoms with Crippen molar-refractivity contribution in [3.8, 4) is 0 Å². The number of carbonyl (C=O) groups excluding carboxylic acids is 2. The summed E-state index contributed by atoms with van der Waals surface area (Å²) >= 11 is 0. The molecule has 0 aliphatic carbocycles. The van der Waals surface area contributed by atoms with Crippen molar-refractivity contribution in [3.63, 3.8) is 0 Å². The maximum atomic E-state index is 12.5. The molecule has 7 heteroatoms. The van der Waals surface area contributed by atoms with Gasteiger partial charge < -0.3 is 19.6 Å². The van der Waals surface area contributed by atoms with Crippen molar-refractivity contribution < 1.29 is 24.2 Å². The molecule has 0 saturated carbocycles. The molecule has 2 fully saturated rings. The van der Waals surface area contributed by atoms with Gasteiger partial charge in [0.2, 0.25) is 11.8 Å². The number of amides is 2. The lowest BCUT2D eigenvalue weighted by atomic mass is 9.96. The van der Waals surface area contributed by atoms with E-state index in [1.54, 1.807) is 9.80 Å². The molecular formula is C14H22N2O5. The van der Waals surface area contributed by atoms with Gasteiger partial charge in [-0.1, -0.05) is 0 Å². The first-order valence-electron chi connectivity index (χ1n) is 7.35. The van der Waals surface area contributed by atoms with Gasteiger partial charge in [-0.3, -0.25) is 14.4 Å². The highest BCUT2D eigenvalue weighted by atomic mass is 16.5. The molecule has 0 bridgehead atoms. The first kappa shape index (κ1) is 15.8. The van der Waals surface area contributed by atoms with Crippen molar-refractivity contribution in [1.29, 1.82) is 0 Å². The Morgan fingerprint density at radius 1 is 1.19 bits per heavy atom. The highest BCUT2D eigenvalue weighted by molar-refractivity contribution is 5.81. The molecule has 118 valence electrons. The Bertz CT molecular complexity index is 426. The Balaban J connectivity index is 1.92. The lowest BCUT2D eigenvalue weighted by molar-refractivity contribution is -0.151. The largest absolute Gasteiger partial charge is 0.481 e. The van der Waals surface area contributed by atoms with Crippen LogP contribution in [0.2, 0.25) is 0 Å². The van der Waals surface area contributed by atoms with Crippen LogP contribution in [0.1, 0.15) is 26.2 Å². The summed E-state index contributed by atoms with van der Waals surface area (Å²) < 4.78 is 5.38. The van der Waals surface area contributed by atoms with Gasteiger partial charge in [-0.15, -0.1) is 0 Å². The van der Waals surface area contributed by atoms with Crippen molar-refractivity contribution in [2.24, 2.45) is 5.92 Å². The second-order valence-electron chi connectivity index (χ2n) is 5.68. The van der Waals surface area contributed by atoms with Gasteiger partial charge in [0.25, 0.3) is 0 Å². The number of morpholine rings is 1. The Hall–Kier alpha value is -1.63. The zero-order valence-corrected chi connectivity index (χ0v) is 12.3. The predicted octanol–water partition coefficient (Wildman–Crippen LogP) is -0.0530. The average molecular weight is 298 g/mol. The van der Waals surface area contributed by atoms with Gasteiger partial charge >= 0.3 is 5.97 Å². The number of likely N-dealkylation sites (tertiary alicyclic amines) is 1. The lowest BCUT2D eigenvalue weighted by Gasteiger charge is -2.37. The van der Waals surface area contributed by atoms with E-state index in [2.05, 4.69) is 0 Å². The van der Waals surface area contributed by atoms with Crippen LogP contribution in [-0.2, 0) is 19.1 Å². The van der Waals surface area contributed by atoms with Crippen LogP contribution in [-0.4, -0.2) is 71.6 Å². The van der Waals surface area contributed by atoms with Crippen molar-refractivity contribution in [1.82, 2.24) is 9.80 Å². The van der Waals surface area contributed by atoms with Crippen LogP contribution in [0.3, 0.4) is 0 Å². The van der Waals surface area contributed by atoms with Crippen LogP contribution in [0.5, 0.6) is 0 Å². The summed E-state index contributed by atoms with van der Waals surface area (Å²) in [6.07, 6.45) is 1.09. The number of carboxylic acids is 1. The molecule has 2 heterocycles. The summed E-state index contributed by atoms with van der Waals surface area (Å²) in [7, 11) is 0. The topological polar surface area (TPSA) is 87.2 Å². The predicted molar refractivity (Wildman–Crippen MR) is 73.6 cm³/mol. The number of hydrogen-bond donors (Lipinski definition) is 1. The summed E-state index contributed by atoms with van der Waals surface area (Å²) in [5, 5.41) is 8.81. The Morgan fingerprint density at radius 2 is 1.95 bits per heavy atom. The monoisotopic (exact) mass is 298 g/mol. The molecule has 0 aromatic carbocycles. The van der Waals surface area contributed by atoms with Crippen molar-refractivity contribution >= 4 is 17.8 Å². The number of hydrogen-bond acceptors (Lipinski definition) is 4. The normalized spacial score (nSPS) is 26.5. The lowest BCUT2D eigenvalue weighted by Crippen LogP contribution is -2.51. The minimum Gasteiger partial charge on any atom is -0.481 e. The molecule has 0 aromatic heterocycles. The van der Waals surface area contributed by atoms with E-state index in [1.807, 2.05) is 0 Å². The zero-order chi connectivity index (χ0) is 15.4. The summed E-state index contributed by atoms with van der Waals surface area (Å²) in [6, 6.07) is 0. The van der Waals surface area contributed by atoms with Crippen LogP contribution in [0.25, 0.3) is 0 Å². The van der Waals surface area contributed by atoms with Crippen LogP contribution >= 0.6 is 0 Å². The van der Waals surface area contributed by atoms with Crippen LogP contribution in [0.4, 0.5) is 0 Å². The van der Waals surface area contributed by atoms with E-state index in [0.717, 1.165) is 12.8 Å². The number of piperidine rings is 1. The minimum atomic E-state index is -0.922. The third-order valence-corrected chi connectivity index (χ3v) is 4.07. The summed E-state index contributed by atoms with van der Waals surface area (Å²) in [5.41, 5.74) is 0. The SMILES string of the molecule is CC(=O)N1CCCC(C(=O)N2CCOC(CC(=O)O)C2)C1. The van der Waals surface area contributed by atoms with Crippen molar-refractivity contribution in [2.75, 3.05) is 32.8 Å². The molecule has 2 rings (SSSR count). The summed E-state index contributed by atoms with van der Waals surface area (Å²) in [6.45, 7) is 3.88. The van der Waals surface area contributed by atoms with E-state index < -0.39 is 12.1 Å². The van der Waals surface area contributed by atoms with Gasteiger partial charge in [-0.25, -0.2) is 0 Å². The Morgan fingerprint density at radius 3 is 2.62 bits per heavy atom. The van der Waals surface area contributed by atoms with Gasteiger partial charge in [-0.2, -0.15) is 0 Å². The highest BCUT2D eigenvalue weighted by Gasteiger charge is 2.33. The van der Waals surface area contributed by atoms with Gasteiger partial charge in [-0.05, 0) is 12.8 Å². The molecule has 2 amide bonds. The Labute approximate surface area is 123 Å². The van der Waals surface area contributed by atoms with Crippen LogP contribution < -0.4 is 0 Å². The van der Waals surface area contributed by atoms with Gasteiger partial charge in [0, 0.05) is 33.1 Å². The molecular weight excluding hydrogens is 276 g/mol. The molecule has 2 atom stereocenters. The third kappa shape index (κ3) is 4.17. The smallest absolute Gasteiger partial charge is 0.306 e. The molecule has 21 heavy (non-hydrogen) atoms. The fourth-order valence-electron chi connectivity index (χ4n) is 2.96. The molecule has 2 unspecified atom stereocenters. The number of rotatable bonds is 3. The van der Waals surface area contributed by atoms with Crippen molar-refractivity contribution in [2.45, 2.75) is 32.3 Å². The Kier molecular flexibility index (Phi) is 5.17. The average Bonchev–Trinajstić information content (AvgIpc) is 2.46. The maximum Gasteiger partial charge on any atom is 0.306 e. The standard InChI is InChI=1S/C14H22N2O5/c1-10(17)15-4-2-3-11(8-15)14(20)16-5-6-21-12(9-16)7-13(18)19/h11-12H,2-9H2,1H3,(H,18,19). The third-order valence-electron chi connectivity index (χ3n) is 4.07. The minimum absolute atomic E-state index is 0.00164. The van der Waals surface area contributed by atoms with E-state index in [4.69, 9.17) is 9.84 Å². The quantitative estimate of drug-likeness (QED) is 0.789. The number of aliphatic carboxylic acids is 1. The summed E-state index contributed by atoms with van der Waals surface area (Å²) in [4.78, 5) is 38.1. The van der Waals surface area contributed by atoms with Gasteiger partial charge in [0.15, 0.2) is 0 Å². The number of ether oxygens (including phenoxy) is 1. The van der Waals surface area contributed by atoms with Crippen molar-refractivity contribution in [3.05, 3.63) is 0 Å². The molecule has 7 nitrogen and oxygen atoms in total. The van der Waals surface area contributed by atoms with Crippen LogP contribution in [0, 0.1) is 5.92 Å². The molecule has 0 radical (unpaired) electrons. The van der Waals surface area contributed by atoms with E-state index >= 15 is 0 Å². The fourth-order valence-corrected chi connectivity index (χ4v) is 2.96. The van der Waals surface area contributed by atoms with E-state index in [0.29, 0.717) is 32.8 Å². The molecule has 0 aromatic rings. The number of nitrogens with zero attached hydrogens (tertiary/aromatic N) is 2. The summed E-state index contributed by atoms with van der Waals surface area (Å²) in [5.74, 6) is -1.08. The first-order valence-corrected chi connectivity index (χ1v) is 7.35. The molecule has 1 N–H and O–H groups in total. The van der Waals surface area contributed by atoms with Gasteiger partial charge in [0.1, 0.15) is 0 Å². The highest BCUT2D eigenvalue weighted by Crippen LogP contribution is 2.21. The molecule has 2 aliphatic rings. The maximum absolute atomic E-state index is 12.5. The number of carboxylic acid groups (broad SMARTS) is 1. The fraction of sp³-hybridized carbons (Fsp3) is 0.786.